The molecule has 0 aromatic carbocycles. The van der Waals surface area contributed by atoms with Gasteiger partial charge in [0, 0.05) is 42.7 Å². The fourth-order valence-electron chi connectivity index (χ4n) is 4.02. The maximum Gasteiger partial charge on any atom is 0.352 e. The molecular formula is C19H18ClN9O5S2. The maximum absolute atomic E-state index is 13.0. The van der Waals surface area contributed by atoms with E-state index in [1.807, 2.05) is 11.0 Å². The van der Waals surface area contributed by atoms with Crippen LogP contribution in [0.5, 0.6) is 0 Å². The number of anilines is 1. The van der Waals surface area contributed by atoms with Crippen molar-refractivity contribution >= 4 is 68.7 Å². The number of halogens is 1. The molecule has 4 aliphatic heterocycles. The number of carboxylic acids is 1. The zero-order valence-corrected chi connectivity index (χ0v) is 20.9. The summed E-state index contributed by atoms with van der Waals surface area (Å²) in [7, 11) is 1.25. The Labute approximate surface area is 216 Å². The SMILES string of the molecule is CON=C(C(=O)N[C@@H]1C(=O)N2C(C(=O)O)=C(CN3C=CN4N=C(Cl)CC=C34)CS[C@@H]12)c1nsc(N)n1. The molecule has 5 rings (SSSR count). The zero-order valence-electron chi connectivity index (χ0n) is 18.5. The van der Waals surface area contributed by atoms with Crippen molar-refractivity contribution in [1.82, 2.24) is 29.5 Å². The average Bonchev–Trinajstić information content (AvgIpc) is 3.45. The molecule has 2 atom stereocenters. The first-order valence-corrected chi connectivity index (χ1v) is 12.6. The Morgan fingerprint density at radius 2 is 2.22 bits per heavy atom. The number of fused-ring (bicyclic) bond motifs is 2. The largest absolute Gasteiger partial charge is 0.477 e. The summed E-state index contributed by atoms with van der Waals surface area (Å²) in [5, 5.41) is 22.0. The summed E-state index contributed by atoms with van der Waals surface area (Å²) in [6, 6.07) is -0.962. The molecule has 5 heterocycles. The molecule has 0 aliphatic carbocycles. The Kier molecular flexibility index (Phi) is 6.31. The number of nitrogens with one attached hydrogen (secondary N) is 1. The van der Waals surface area contributed by atoms with Crippen molar-refractivity contribution in [2.45, 2.75) is 17.8 Å². The van der Waals surface area contributed by atoms with Crippen molar-refractivity contribution < 1.29 is 24.3 Å². The number of β-lactam (4-membered cyclic amide) rings is 1. The highest BCUT2D eigenvalue weighted by Gasteiger charge is 2.54. The Balaban J connectivity index is 1.32. The van der Waals surface area contributed by atoms with Gasteiger partial charge in [-0.15, -0.1) is 11.8 Å². The number of carbonyl (C=O) groups is 3. The van der Waals surface area contributed by atoms with E-state index in [9.17, 15) is 19.5 Å². The summed E-state index contributed by atoms with van der Waals surface area (Å²) in [5.74, 6) is -1.47. The molecule has 1 saturated heterocycles. The highest BCUT2D eigenvalue weighted by Crippen LogP contribution is 2.41. The van der Waals surface area contributed by atoms with E-state index in [4.69, 9.17) is 22.2 Å². The lowest BCUT2D eigenvalue weighted by atomic mass is 10.0. The molecule has 2 amide bonds. The average molecular weight is 552 g/mol. The van der Waals surface area contributed by atoms with Crippen LogP contribution in [0.2, 0.25) is 0 Å². The molecule has 0 unspecified atom stereocenters. The molecule has 1 fully saturated rings. The second kappa shape index (κ2) is 9.44. The van der Waals surface area contributed by atoms with Gasteiger partial charge in [0.25, 0.3) is 11.8 Å². The number of hydrogen-bond acceptors (Lipinski definition) is 13. The quantitative estimate of drug-likeness (QED) is 0.237. The molecule has 36 heavy (non-hydrogen) atoms. The number of thioether (sulfide) groups is 1. The predicted molar refractivity (Wildman–Crippen MR) is 131 cm³/mol. The number of carbonyl (C=O) groups excluding carboxylic acids is 2. The van der Waals surface area contributed by atoms with Crippen LogP contribution in [-0.2, 0) is 19.2 Å². The number of carboxylic acid groups (broad SMARTS) is 1. The number of rotatable bonds is 7. The summed E-state index contributed by atoms with van der Waals surface area (Å²) in [5.41, 5.74) is 5.79. The Morgan fingerprint density at radius 1 is 1.42 bits per heavy atom. The Morgan fingerprint density at radius 3 is 2.92 bits per heavy atom. The number of hydrogen-bond donors (Lipinski definition) is 3. The third kappa shape index (κ3) is 4.16. The van der Waals surface area contributed by atoms with Gasteiger partial charge in [0.2, 0.25) is 11.5 Å². The number of hydrazone groups is 1. The lowest BCUT2D eigenvalue weighted by molar-refractivity contribution is -0.150. The second-order valence-electron chi connectivity index (χ2n) is 7.71. The van der Waals surface area contributed by atoms with Gasteiger partial charge < -0.3 is 25.9 Å². The number of nitrogens with two attached hydrogens (primary N) is 1. The first kappa shape index (κ1) is 24.1. The summed E-state index contributed by atoms with van der Waals surface area (Å²) < 4.78 is 3.95. The van der Waals surface area contributed by atoms with Gasteiger partial charge in [0.15, 0.2) is 5.13 Å². The van der Waals surface area contributed by atoms with E-state index in [0.29, 0.717) is 22.9 Å². The first-order chi connectivity index (χ1) is 17.3. The normalized spacial score (nSPS) is 23.1. The topological polar surface area (TPSA) is 179 Å². The van der Waals surface area contributed by atoms with Crippen LogP contribution in [0.25, 0.3) is 0 Å². The van der Waals surface area contributed by atoms with Crippen LogP contribution in [0, 0.1) is 0 Å². The second-order valence-corrected chi connectivity index (χ2v) is 10.0. The van der Waals surface area contributed by atoms with Crippen molar-refractivity contribution in [2.24, 2.45) is 10.3 Å². The van der Waals surface area contributed by atoms with Crippen LogP contribution < -0.4 is 11.1 Å². The number of nitrogens with zero attached hydrogens (tertiary/aromatic N) is 7. The van der Waals surface area contributed by atoms with Crippen molar-refractivity contribution in [3.8, 4) is 0 Å². The maximum atomic E-state index is 13.0. The zero-order chi connectivity index (χ0) is 25.6. The van der Waals surface area contributed by atoms with E-state index in [0.717, 1.165) is 17.4 Å². The van der Waals surface area contributed by atoms with Crippen molar-refractivity contribution in [1.29, 1.82) is 0 Å². The van der Waals surface area contributed by atoms with Gasteiger partial charge in [-0.3, -0.25) is 14.5 Å². The van der Waals surface area contributed by atoms with Gasteiger partial charge in [0.1, 0.15) is 35.2 Å². The molecule has 1 aromatic heterocycles. The van der Waals surface area contributed by atoms with E-state index >= 15 is 0 Å². The summed E-state index contributed by atoms with van der Waals surface area (Å²) in [4.78, 5) is 49.7. The number of nitrogen functional groups attached to an aromatic ring is 1. The monoisotopic (exact) mass is 551 g/mol. The van der Waals surface area contributed by atoms with Crippen LogP contribution in [0.15, 0.2) is 45.8 Å². The minimum absolute atomic E-state index is 0.0412. The van der Waals surface area contributed by atoms with Gasteiger partial charge in [-0.05, 0) is 11.6 Å². The summed E-state index contributed by atoms with van der Waals surface area (Å²) >= 11 is 8.22. The van der Waals surface area contributed by atoms with E-state index in [2.05, 4.69) is 24.9 Å². The molecule has 0 radical (unpaired) electrons. The van der Waals surface area contributed by atoms with E-state index in [-0.39, 0.29) is 28.9 Å². The first-order valence-electron chi connectivity index (χ1n) is 10.4. The van der Waals surface area contributed by atoms with Crippen LogP contribution in [-0.4, -0.2) is 88.8 Å². The molecule has 0 saturated carbocycles. The van der Waals surface area contributed by atoms with E-state index in [1.54, 1.807) is 17.4 Å². The summed E-state index contributed by atoms with van der Waals surface area (Å²) in [6.45, 7) is 0.246. The van der Waals surface area contributed by atoms with E-state index in [1.165, 1.54) is 23.8 Å². The van der Waals surface area contributed by atoms with E-state index < -0.39 is 29.2 Å². The molecular weight excluding hydrogens is 534 g/mol. The fourth-order valence-corrected chi connectivity index (χ4v) is 5.95. The molecule has 188 valence electrons. The number of aromatic nitrogens is 2. The van der Waals surface area contributed by atoms with Crippen molar-refractivity contribution in [3.05, 3.63) is 41.4 Å². The Hall–Kier alpha value is -3.63. The number of aliphatic carboxylic acids is 1. The summed E-state index contributed by atoms with van der Waals surface area (Å²) in [6.07, 6.45) is 5.85. The van der Waals surface area contributed by atoms with Crippen LogP contribution in [0.4, 0.5) is 5.13 Å². The van der Waals surface area contributed by atoms with Gasteiger partial charge >= 0.3 is 5.97 Å². The van der Waals surface area contributed by atoms with Crippen LogP contribution in [0.3, 0.4) is 0 Å². The number of amides is 2. The predicted octanol–water partition coefficient (Wildman–Crippen LogP) is 0.0956. The van der Waals surface area contributed by atoms with Gasteiger partial charge in [0.05, 0.1) is 0 Å². The molecule has 17 heteroatoms. The molecule has 14 nitrogen and oxygen atoms in total. The van der Waals surface area contributed by atoms with Crippen molar-refractivity contribution in [2.75, 3.05) is 25.1 Å². The lowest BCUT2D eigenvalue weighted by Crippen LogP contribution is -2.71. The molecule has 0 bridgehead atoms. The van der Waals surface area contributed by atoms with Crippen LogP contribution in [0.1, 0.15) is 12.2 Å². The molecule has 4 N–H and O–H groups in total. The fraction of sp³-hybridized carbons (Fsp3) is 0.316. The number of oxime groups is 1. The standard InChI is InChI=1S/C19H18ClN9O5S2/c1-34-25-11(14-23-19(21)36-26-14)15(30)22-12-16(31)29-13(18(32)33)8(7-35-17(12)29)6-27-4-5-28-10(27)3-2-9(20)24-28/h3-5,12,17H,2,6-7H2,1H3,(H,22,30)(H,32,33)(H2,21,23,26)/t12-,17+/m1/s1. The van der Waals surface area contributed by atoms with Crippen molar-refractivity contribution in [3.63, 3.8) is 0 Å². The molecule has 0 spiro atoms. The third-order valence-corrected chi connectivity index (χ3v) is 7.65. The Bertz CT molecular complexity index is 1310. The van der Waals surface area contributed by atoms with Gasteiger partial charge in [-0.2, -0.15) is 14.5 Å². The highest BCUT2D eigenvalue weighted by atomic mass is 35.5. The van der Waals surface area contributed by atoms with Gasteiger partial charge in [-0.1, -0.05) is 16.8 Å². The molecule has 4 aliphatic rings. The minimum atomic E-state index is -1.23. The molecule has 1 aromatic rings. The third-order valence-electron chi connectivity index (χ3n) is 5.53. The van der Waals surface area contributed by atoms with Gasteiger partial charge in [-0.25, -0.2) is 9.80 Å². The highest BCUT2D eigenvalue weighted by molar-refractivity contribution is 8.00. The van der Waals surface area contributed by atoms with Crippen LogP contribution >= 0.6 is 34.9 Å². The smallest absolute Gasteiger partial charge is 0.352 e. The lowest BCUT2D eigenvalue weighted by Gasteiger charge is -2.49. The minimum Gasteiger partial charge on any atom is -0.477 e. The number of allylic oxidation sites excluding steroid dienone is 1.